The normalized spacial score (nSPS) is 20.5. The Bertz CT molecular complexity index is 1100. The zero-order valence-corrected chi connectivity index (χ0v) is 18.5. The number of carbonyl (C=O) groups excluding carboxylic acids is 2. The molecule has 2 atom stereocenters. The van der Waals surface area contributed by atoms with E-state index in [1.54, 1.807) is 38.3 Å². The van der Waals surface area contributed by atoms with E-state index in [0.29, 0.717) is 29.7 Å². The average Bonchev–Trinajstić information content (AvgIpc) is 2.78. The molecule has 0 bridgehead atoms. The van der Waals surface area contributed by atoms with Crippen molar-refractivity contribution in [2.24, 2.45) is 0 Å². The van der Waals surface area contributed by atoms with Gasteiger partial charge < -0.3 is 19.9 Å². The standard InChI is InChI=1S/C26H27NO5/c1-4-32-26(30)23-15(2)27-21-13-18(16-7-11-20(31-3)12-8-16)14-22(29)25(21)24(23)17-5-9-19(28)10-6-17/h5-12,18,24,27-28H,4,13-14H2,1-3H3/t18-,24-/m1/s1. The fourth-order valence-corrected chi connectivity index (χ4v) is 4.63. The lowest BCUT2D eigenvalue weighted by molar-refractivity contribution is -0.138. The third-order valence-electron chi connectivity index (χ3n) is 6.14. The molecule has 0 amide bonds. The number of nitrogens with one attached hydrogen (secondary N) is 1. The van der Waals surface area contributed by atoms with E-state index in [9.17, 15) is 14.7 Å². The number of phenolic OH excluding ortho intramolecular Hbond substituents is 1. The highest BCUT2D eigenvalue weighted by atomic mass is 16.5. The van der Waals surface area contributed by atoms with Gasteiger partial charge in [0.25, 0.3) is 0 Å². The highest BCUT2D eigenvalue weighted by molar-refractivity contribution is 6.04. The predicted octanol–water partition coefficient (Wildman–Crippen LogP) is 4.33. The van der Waals surface area contributed by atoms with Crippen molar-refractivity contribution in [2.45, 2.75) is 38.5 Å². The first-order chi connectivity index (χ1) is 15.4. The summed E-state index contributed by atoms with van der Waals surface area (Å²) >= 11 is 0. The molecule has 0 fully saturated rings. The third-order valence-corrected chi connectivity index (χ3v) is 6.14. The molecule has 1 aliphatic heterocycles. The summed E-state index contributed by atoms with van der Waals surface area (Å²) in [5.74, 6) is -0.0203. The third kappa shape index (κ3) is 4.00. The van der Waals surface area contributed by atoms with Crippen molar-refractivity contribution < 1.29 is 24.2 Å². The summed E-state index contributed by atoms with van der Waals surface area (Å²) in [6, 6.07) is 14.5. The second-order valence-corrected chi connectivity index (χ2v) is 8.10. The maximum absolute atomic E-state index is 13.5. The van der Waals surface area contributed by atoms with Crippen LogP contribution in [0.4, 0.5) is 0 Å². The second-order valence-electron chi connectivity index (χ2n) is 8.10. The monoisotopic (exact) mass is 433 g/mol. The van der Waals surface area contributed by atoms with Crippen molar-refractivity contribution in [3.8, 4) is 11.5 Å². The number of esters is 1. The Morgan fingerprint density at radius 2 is 1.72 bits per heavy atom. The molecule has 6 nitrogen and oxygen atoms in total. The van der Waals surface area contributed by atoms with Crippen LogP contribution in [0.2, 0.25) is 0 Å². The lowest BCUT2D eigenvalue weighted by Crippen LogP contribution is -2.36. The summed E-state index contributed by atoms with van der Waals surface area (Å²) in [6.07, 6.45) is 1.02. The van der Waals surface area contributed by atoms with Gasteiger partial charge in [-0.2, -0.15) is 0 Å². The summed E-state index contributed by atoms with van der Waals surface area (Å²) < 4.78 is 10.6. The molecule has 2 aromatic carbocycles. The highest BCUT2D eigenvalue weighted by Gasteiger charge is 2.41. The van der Waals surface area contributed by atoms with Crippen LogP contribution in [-0.4, -0.2) is 30.6 Å². The highest BCUT2D eigenvalue weighted by Crippen LogP contribution is 2.46. The number of hydrogen-bond donors (Lipinski definition) is 2. The van der Waals surface area contributed by atoms with E-state index in [-0.39, 0.29) is 24.1 Å². The first-order valence-corrected chi connectivity index (χ1v) is 10.8. The van der Waals surface area contributed by atoms with Crippen LogP contribution in [0, 0.1) is 0 Å². The molecule has 2 aliphatic rings. The second kappa shape index (κ2) is 8.91. The fraction of sp³-hybridized carbons (Fsp3) is 0.308. The summed E-state index contributed by atoms with van der Waals surface area (Å²) in [5.41, 5.74) is 4.41. The van der Waals surface area contributed by atoms with E-state index in [2.05, 4.69) is 5.32 Å². The van der Waals surface area contributed by atoms with Crippen LogP contribution in [-0.2, 0) is 14.3 Å². The summed E-state index contributed by atoms with van der Waals surface area (Å²) in [4.78, 5) is 26.3. The smallest absolute Gasteiger partial charge is 0.336 e. The maximum Gasteiger partial charge on any atom is 0.336 e. The van der Waals surface area contributed by atoms with Gasteiger partial charge in [0.15, 0.2) is 5.78 Å². The van der Waals surface area contributed by atoms with Gasteiger partial charge in [0.2, 0.25) is 0 Å². The molecule has 0 radical (unpaired) electrons. The van der Waals surface area contributed by atoms with E-state index in [1.807, 2.05) is 31.2 Å². The molecule has 0 unspecified atom stereocenters. The summed E-state index contributed by atoms with van der Waals surface area (Å²) in [5, 5.41) is 13.1. The molecule has 2 aromatic rings. The Balaban J connectivity index is 1.76. The van der Waals surface area contributed by atoms with Gasteiger partial charge in [0.05, 0.1) is 19.3 Å². The Morgan fingerprint density at radius 3 is 2.34 bits per heavy atom. The minimum atomic E-state index is -0.532. The predicted molar refractivity (Wildman–Crippen MR) is 120 cm³/mol. The molecule has 1 aliphatic carbocycles. The number of ketones is 1. The van der Waals surface area contributed by atoms with Gasteiger partial charge in [0, 0.05) is 29.3 Å². The summed E-state index contributed by atoms with van der Waals surface area (Å²) in [7, 11) is 1.63. The minimum absolute atomic E-state index is 0.00643. The van der Waals surface area contributed by atoms with Crippen molar-refractivity contribution >= 4 is 11.8 Å². The molecule has 0 aromatic heterocycles. The Kier molecular flexibility index (Phi) is 6.04. The minimum Gasteiger partial charge on any atom is -0.508 e. The maximum atomic E-state index is 13.5. The van der Waals surface area contributed by atoms with Crippen molar-refractivity contribution in [1.82, 2.24) is 5.32 Å². The lowest BCUT2D eigenvalue weighted by Gasteiger charge is -2.36. The van der Waals surface area contributed by atoms with E-state index in [1.165, 1.54) is 0 Å². The first-order valence-electron chi connectivity index (χ1n) is 10.8. The van der Waals surface area contributed by atoms with Crippen LogP contribution < -0.4 is 10.1 Å². The SMILES string of the molecule is CCOC(=O)C1=C(C)NC2=C(C(=O)C[C@H](c3ccc(OC)cc3)C2)[C@@H]1c1ccc(O)cc1. The number of rotatable bonds is 5. The van der Waals surface area contributed by atoms with E-state index >= 15 is 0 Å². The van der Waals surface area contributed by atoms with E-state index in [0.717, 1.165) is 22.6 Å². The molecule has 0 saturated heterocycles. The van der Waals surface area contributed by atoms with Gasteiger partial charge in [-0.1, -0.05) is 24.3 Å². The van der Waals surface area contributed by atoms with Gasteiger partial charge >= 0.3 is 5.97 Å². The van der Waals surface area contributed by atoms with Crippen molar-refractivity contribution in [1.29, 1.82) is 0 Å². The number of methoxy groups -OCH3 is 1. The van der Waals surface area contributed by atoms with Crippen LogP contribution in [0.3, 0.4) is 0 Å². The quantitative estimate of drug-likeness (QED) is 0.683. The zero-order valence-electron chi connectivity index (χ0n) is 18.5. The summed E-state index contributed by atoms with van der Waals surface area (Å²) in [6.45, 7) is 3.84. The number of ether oxygens (including phenoxy) is 2. The van der Waals surface area contributed by atoms with Crippen molar-refractivity contribution in [3.63, 3.8) is 0 Å². The topological polar surface area (TPSA) is 84.9 Å². The fourth-order valence-electron chi connectivity index (χ4n) is 4.63. The molecule has 2 N–H and O–H groups in total. The van der Waals surface area contributed by atoms with Gasteiger partial charge in [-0.25, -0.2) is 4.79 Å². The molecule has 1 heterocycles. The Morgan fingerprint density at radius 1 is 1.06 bits per heavy atom. The molecule has 0 saturated carbocycles. The molecule has 4 rings (SSSR count). The number of hydrogen-bond acceptors (Lipinski definition) is 6. The number of dihydropyridines is 1. The van der Waals surface area contributed by atoms with Crippen LogP contribution >= 0.6 is 0 Å². The molecule has 0 spiro atoms. The van der Waals surface area contributed by atoms with Crippen LogP contribution in [0.1, 0.15) is 49.7 Å². The van der Waals surface area contributed by atoms with Crippen molar-refractivity contribution in [2.75, 3.05) is 13.7 Å². The van der Waals surface area contributed by atoms with Crippen molar-refractivity contribution in [3.05, 3.63) is 82.2 Å². The molecule has 32 heavy (non-hydrogen) atoms. The first kappa shape index (κ1) is 21.7. The lowest BCUT2D eigenvalue weighted by atomic mass is 9.71. The van der Waals surface area contributed by atoms with Gasteiger partial charge in [-0.3, -0.25) is 4.79 Å². The number of carbonyl (C=O) groups is 2. The van der Waals surface area contributed by atoms with Gasteiger partial charge in [0.1, 0.15) is 11.5 Å². The number of phenols is 1. The van der Waals surface area contributed by atoms with Crippen LogP contribution in [0.25, 0.3) is 0 Å². The molecular formula is C26H27NO5. The largest absolute Gasteiger partial charge is 0.508 e. The van der Waals surface area contributed by atoms with E-state index < -0.39 is 11.9 Å². The number of Topliss-reactive ketones (excluding diaryl/α,β-unsaturated/α-hetero) is 1. The molecule has 6 heteroatoms. The zero-order chi connectivity index (χ0) is 22.8. The Hall–Kier alpha value is -3.54. The van der Waals surface area contributed by atoms with E-state index in [4.69, 9.17) is 9.47 Å². The average molecular weight is 434 g/mol. The number of allylic oxidation sites excluding steroid dienone is 3. The van der Waals surface area contributed by atoms with Crippen LogP contribution in [0.15, 0.2) is 71.1 Å². The number of benzene rings is 2. The molecule has 166 valence electrons. The van der Waals surface area contributed by atoms with Gasteiger partial charge in [-0.05, 0) is 61.6 Å². The Labute approximate surface area is 187 Å². The van der Waals surface area contributed by atoms with Gasteiger partial charge in [-0.15, -0.1) is 0 Å². The molecular weight excluding hydrogens is 406 g/mol. The number of aromatic hydroxyl groups is 1. The van der Waals surface area contributed by atoms with Crippen LogP contribution in [0.5, 0.6) is 11.5 Å².